The topological polar surface area (TPSA) is 75.0 Å². The van der Waals surface area contributed by atoms with Crippen LogP contribution < -0.4 is 5.32 Å². The monoisotopic (exact) mass is 309 g/mol. The number of halogens is 1. The van der Waals surface area contributed by atoms with Gasteiger partial charge in [0, 0.05) is 11.2 Å². The number of rotatable bonds is 3. The third-order valence-corrected chi connectivity index (χ3v) is 3.33. The average Bonchev–Trinajstić information content (AvgIpc) is 2.44. The summed E-state index contributed by atoms with van der Waals surface area (Å²) < 4.78 is 4.96. The predicted molar refractivity (Wildman–Crippen MR) is 81.3 cm³/mol. The standard InChI is InChI=1S/C13H14ClN3O2.C2H6/c1-8(2)9-4-16-11(3-10(9)14)12(18)17-13(5-15)6-19-7-13;1-2/h3-4,8H,6-7H2,1-2H3,(H,17,18);1-2H3. The van der Waals surface area contributed by atoms with Crippen molar-refractivity contribution >= 4 is 17.5 Å². The molecular formula is C15H20ClN3O2. The van der Waals surface area contributed by atoms with Gasteiger partial charge >= 0.3 is 0 Å². The number of hydrogen-bond donors (Lipinski definition) is 1. The van der Waals surface area contributed by atoms with E-state index in [2.05, 4.69) is 10.3 Å². The Morgan fingerprint density at radius 3 is 2.52 bits per heavy atom. The number of amides is 1. The van der Waals surface area contributed by atoms with Crippen LogP contribution in [0.5, 0.6) is 0 Å². The molecule has 0 saturated carbocycles. The lowest BCUT2D eigenvalue weighted by molar-refractivity contribution is -0.0398. The third kappa shape index (κ3) is 3.93. The maximum Gasteiger partial charge on any atom is 0.271 e. The van der Waals surface area contributed by atoms with Crippen molar-refractivity contribution in [2.24, 2.45) is 0 Å². The van der Waals surface area contributed by atoms with E-state index in [9.17, 15) is 4.79 Å². The number of nitriles is 1. The van der Waals surface area contributed by atoms with Gasteiger partial charge in [0.1, 0.15) is 5.69 Å². The molecule has 1 aliphatic heterocycles. The molecule has 0 atom stereocenters. The Bertz CT molecular complexity index is 548. The first kappa shape index (κ1) is 17.4. The molecule has 0 bridgehead atoms. The molecule has 5 nitrogen and oxygen atoms in total. The molecule has 1 aliphatic rings. The molecule has 0 radical (unpaired) electrons. The number of pyridine rings is 1. The Kier molecular flexibility index (Phi) is 6.13. The Morgan fingerprint density at radius 2 is 2.14 bits per heavy atom. The minimum atomic E-state index is -0.929. The zero-order valence-electron chi connectivity index (χ0n) is 12.7. The molecule has 0 unspecified atom stereocenters. The summed E-state index contributed by atoms with van der Waals surface area (Å²) in [5.74, 6) is -0.176. The Balaban J connectivity index is 0.00000106. The van der Waals surface area contributed by atoms with E-state index in [0.717, 1.165) is 5.56 Å². The molecule has 1 N–H and O–H groups in total. The smallest absolute Gasteiger partial charge is 0.271 e. The molecule has 1 saturated heterocycles. The highest BCUT2D eigenvalue weighted by molar-refractivity contribution is 6.31. The van der Waals surface area contributed by atoms with Crippen LogP contribution in [0.15, 0.2) is 12.3 Å². The number of nitrogens with one attached hydrogen (secondary N) is 1. The van der Waals surface area contributed by atoms with E-state index in [4.69, 9.17) is 21.6 Å². The quantitative estimate of drug-likeness (QED) is 0.931. The fraction of sp³-hybridized carbons (Fsp3) is 0.533. The summed E-state index contributed by atoms with van der Waals surface area (Å²) in [7, 11) is 0. The van der Waals surface area contributed by atoms with Crippen molar-refractivity contribution in [1.29, 1.82) is 5.26 Å². The van der Waals surface area contributed by atoms with Crippen LogP contribution in [-0.4, -0.2) is 29.6 Å². The predicted octanol–water partition coefficient (Wildman–Crippen LogP) is 2.91. The minimum Gasteiger partial charge on any atom is -0.374 e. The first-order chi connectivity index (χ1) is 9.97. The Hall–Kier alpha value is -1.64. The average molecular weight is 310 g/mol. The lowest BCUT2D eigenvalue weighted by Crippen LogP contribution is -2.61. The van der Waals surface area contributed by atoms with Gasteiger partial charge in [-0.1, -0.05) is 39.3 Å². The van der Waals surface area contributed by atoms with Crippen molar-refractivity contribution < 1.29 is 9.53 Å². The van der Waals surface area contributed by atoms with Crippen molar-refractivity contribution in [2.45, 2.75) is 39.2 Å². The molecule has 21 heavy (non-hydrogen) atoms. The van der Waals surface area contributed by atoms with Crippen LogP contribution in [0, 0.1) is 11.3 Å². The summed E-state index contributed by atoms with van der Waals surface area (Å²) in [6.07, 6.45) is 1.60. The van der Waals surface area contributed by atoms with Gasteiger partial charge in [-0.3, -0.25) is 9.78 Å². The highest BCUT2D eigenvalue weighted by Crippen LogP contribution is 2.24. The van der Waals surface area contributed by atoms with Crippen LogP contribution in [0.1, 0.15) is 49.7 Å². The van der Waals surface area contributed by atoms with Crippen molar-refractivity contribution in [2.75, 3.05) is 13.2 Å². The van der Waals surface area contributed by atoms with E-state index >= 15 is 0 Å². The summed E-state index contributed by atoms with van der Waals surface area (Å²) in [6.45, 7) is 8.40. The molecule has 2 rings (SSSR count). The fourth-order valence-corrected chi connectivity index (χ4v) is 2.11. The van der Waals surface area contributed by atoms with Crippen LogP contribution in [0.3, 0.4) is 0 Å². The lowest BCUT2D eigenvalue weighted by Gasteiger charge is -2.35. The van der Waals surface area contributed by atoms with E-state index in [1.807, 2.05) is 33.8 Å². The van der Waals surface area contributed by atoms with Gasteiger partial charge in [-0.2, -0.15) is 5.26 Å². The fourth-order valence-electron chi connectivity index (χ4n) is 1.74. The molecular weight excluding hydrogens is 290 g/mol. The van der Waals surface area contributed by atoms with Gasteiger partial charge in [-0.15, -0.1) is 0 Å². The maximum atomic E-state index is 12.0. The first-order valence-electron chi connectivity index (χ1n) is 6.94. The summed E-state index contributed by atoms with van der Waals surface area (Å²) in [4.78, 5) is 16.1. The normalized spacial score (nSPS) is 15.3. The number of aromatic nitrogens is 1. The number of carbonyl (C=O) groups excluding carboxylic acids is 1. The lowest BCUT2D eigenvalue weighted by atomic mass is 9.99. The largest absolute Gasteiger partial charge is 0.374 e. The Morgan fingerprint density at radius 1 is 1.52 bits per heavy atom. The van der Waals surface area contributed by atoms with Crippen LogP contribution in [0.2, 0.25) is 5.02 Å². The molecule has 6 heteroatoms. The highest BCUT2D eigenvalue weighted by atomic mass is 35.5. The molecule has 0 aliphatic carbocycles. The van der Waals surface area contributed by atoms with E-state index in [0.29, 0.717) is 5.02 Å². The molecule has 1 aromatic heterocycles. The zero-order chi connectivity index (χ0) is 16.0. The second-order valence-corrected chi connectivity index (χ2v) is 5.29. The van der Waals surface area contributed by atoms with Crippen LogP contribution in [0.25, 0.3) is 0 Å². The van der Waals surface area contributed by atoms with Gasteiger partial charge in [0.05, 0.1) is 19.3 Å². The second-order valence-electron chi connectivity index (χ2n) is 4.89. The first-order valence-corrected chi connectivity index (χ1v) is 7.32. The van der Waals surface area contributed by atoms with Crippen LogP contribution >= 0.6 is 11.6 Å². The Labute approximate surface area is 130 Å². The molecule has 1 fully saturated rings. The highest BCUT2D eigenvalue weighted by Gasteiger charge is 2.40. The summed E-state index contributed by atoms with van der Waals surface area (Å²) in [5, 5.41) is 12.1. The van der Waals surface area contributed by atoms with Crippen molar-refractivity contribution in [3.8, 4) is 6.07 Å². The SMILES string of the molecule is CC.CC(C)c1cnc(C(=O)NC2(C#N)COC2)cc1Cl. The van der Waals surface area contributed by atoms with Gasteiger partial charge in [0.2, 0.25) is 0 Å². The molecule has 0 aromatic carbocycles. The van der Waals surface area contributed by atoms with Gasteiger partial charge in [0.15, 0.2) is 5.54 Å². The number of ether oxygens (including phenoxy) is 1. The van der Waals surface area contributed by atoms with Crippen LogP contribution in [0.4, 0.5) is 0 Å². The van der Waals surface area contributed by atoms with Gasteiger partial charge in [-0.25, -0.2) is 0 Å². The summed E-state index contributed by atoms with van der Waals surface area (Å²) in [5.41, 5.74) is 0.165. The van der Waals surface area contributed by atoms with Gasteiger partial charge in [-0.05, 0) is 17.5 Å². The van der Waals surface area contributed by atoms with Crippen molar-refractivity contribution in [3.63, 3.8) is 0 Å². The van der Waals surface area contributed by atoms with E-state index < -0.39 is 11.4 Å². The maximum absolute atomic E-state index is 12.0. The zero-order valence-corrected chi connectivity index (χ0v) is 13.5. The van der Waals surface area contributed by atoms with Crippen molar-refractivity contribution in [3.05, 3.63) is 28.5 Å². The summed E-state index contributed by atoms with van der Waals surface area (Å²) in [6, 6.07) is 3.57. The number of nitrogens with zero attached hydrogens (tertiary/aromatic N) is 2. The molecule has 1 amide bonds. The number of hydrogen-bond acceptors (Lipinski definition) is 4. The summed E-state index contributed by atoms with van der Waals surface area (Å²) >= 11 is 6.11. The number of carbonyl (C=O) groups is 1. The van der Waals surface area contributed by atoms with Crippen LogP contribution in [-0.2, 0) is 4.74 Å². The van der Waals surface area contributed by atoms with Gasteiger partial charge < -0.3 is 10.1 Å². The van der Waals surface area contributed by atoms with E-state index in [1.54, 1.807) is 6.20 Å². The third-order valence-electron chi connectivity index (χ3n) is 3.00. The molecule has 0 spiro atoms. The van der Waals surface area contributed by atoms with E-state index in [1.165, 1.54) is 6.07 Å². The minimum absolute atomic E-state index is 0.201. The molecule has 114 valence electrons. The van der Waals surface area contributed by atoms with Crippen molar-refractivity contribution in [1.82, 2.24) is 10.3 Å². The van der Waals surface area contributed by atoms with Gasteiger partial charge in [0.25, 0.3) is 5.91 Å². The molecule has 2 heterocycles. The second kappa shape index (κ2) is 7.39. The van der Waals surface area contributed by atoms with E-state index in [-0.39, 0.29) is 24.8 Å². The molecule has 1 aromatic rings.